The quantitative estimate of drug-likeness (QED) is 0.731. The molecule has 0 spiro atoms. The highest BCUT2D eigenvalue weighted by molar-refractivity contribution is 7.98. The van der Waals surface area contributed by atoms with Crippen molar-refractivity contribution in [3.05, 3.63) is 23.8 Å². The zero-order chi connectivity index (χ0) is 14.7. The lowest BCUT2D eigenvalue weighted by Gasteiger charge is -2.23. The summed E-state index contributed by atoms with van der Waals surface area (Å²) in [5.41, 5.74) is 4.23. The van der Waals surface area contributed by atoms with E-state index in [1.54, 1.807) is 6.92 Å². The average Bonchev–Trinajstić information content (AvgIpc) is 2.26. The van der Waals surface area contributed by atoms with Crippen molar-refractivity contribution in [2.24, 2.45) is 0 Å². The zero-order valence-corrected chi connectivity index (χ0v) is 11.5. The molecule has 0 saturated carbocycles. The normalized spacial score (nSPS) is 15.1. The van der Waals surface area contributed by atoms with E-state index in [9.17, 15) is 18.3 Å². The molecule has 0 radical (unpaired) electrons. The third-order valence-corrected chi connectivity index (χ3v) is 3.40. The van der Waals surface area contributed by atoms with Gasteiger partial charge in [-0.1, -0.05) is 0 Å². The molecule has 0 aliphatic heterocycles. The molecule has 0 bridgehead atoms. The van der Waals surface area contributed by atoms with Gasteiger partial charge < -0.3 is 16.2 Å². The van der Waals surface area contributed by atoms with Gasteiger partial charge in [0.25, 0.3) is 0 Å². The van der Waals surface area contributed by atoms with E-state index in [4.69, 9.17) is 5.73 Å². The van der Waals surface area contributed by atoms with Crippen LogP contribution in [0.25, 0.3) is 0 Å². The van der Waals surface area contributed by atoms with Crippen molar-refractivity contribution >= 4 is 23.1 Å². The number of hydrogen-bond donors (Lipinski definition) is 3. The molecule has 1 rings (SSSR count). The van der Waals surface area contributed by atoms with Crippen molar-refractivity contribution in [2.75, 3.05) is 29.6 Å². The number of nitrogen functional groups attached to an aromatic ring is 1. The fraction of sp³-hybridized carbons (Fsp3) is 0.500. The monoisotopic (exact) mass is 294 g/mol. The van der Waals surface area contributed by atoms with E-state index in [2.05, 4.69) is 5.32 Å². The molecule has 7 heteroatoms. The minimum atomic E-state index is -4.41. The van der Waals surface area contributed by atoms with Gasteiger partial charge in [-0.05, 0) is 31.4 Å². The smallest absolute Gasteiger partial charge is 0.397 e. The number of anilines is 2. The minimum Gasteiger partial charge on any atom is -0.397 e. The highest BCUT2D eigenvalue weighted by Crippen LogP contribution is 2.32. The van der Waals surface area contributed by atoms with Crippen molar-refractivity contribution in [3.63, 3.8) is 0 Å². The summed E-state index contributed by atoms with van der Waals surface area (Å²) >= 11 is 1.48. The Kier molecular flexibility index (Phi) is 4.98. The lowest BCUT2D eigenvalue weighted by atomic mass is 10.1. The van der Waals surface area contributed by atoms with Gasteiger partial charge in [0.05, 0.1) is 22.5 Å². The average molecular weight is 294 g/mol. The highest BCUT2D eigenvalue weighted by atomic mass is 32.2. The summed E-state index contributed by atoms with van der Waals surface area (Å²) in [6.45, 7) is 1.86. The van der Waals surface area contributed by atoms with Crippen molar-refractivity contribution in [2.45, 2.75) is 18.7 Å². The van der Waals surface area contributed by atoms with Gasteiger partial charge >= 0.3 is 6.18 Å². The number of nitrogens with two attached hydrogens (primary N) is 1. The first-order chi connectivity index (χ1) is 8.65. The van der Waals surface area contributed by atoms with E-state index in [1.165, 1.54) is 17.8 Å². The van der Waals surface area contributed by atoms with E-state index in [0.717, 1.165) is 12.1 Å². The van der Waals surface area contributed by atoms with Crippen LogP contribution in [0.3, 0.4) is 0 Å². The lowest BCUT2D eigenvalue weighted by molar-refractivity contribution is -0.137. The van der Waals surface area contributed by atoms with Gasteiger partial charge in [0.1, 0.15) is 0 Å². The van der Waals surface area contributed by atoms with E-state index in [0.29, 0.717) is 11.4 Å². The van der Waals surface area contributed by atoms with Gasteiger partial charge in [-0.2, -0.15) is 24.9 Å². The molecule has 0 aliphatic carbocycles. The van der Waals surface area contributed by atoms with E-state index in [-0.39, 0.29) is 12.2 Å². The summed E-state index contributed by atoms with van der Waals surface area (Å²) in [7, 11) is 0. The molecule has 1 atom stereocenters. The lowest BCUT2D eigenvalue weighted by Crippen LogP contribution is -2.36. The van der Waals surface area contributed by atoms with Crippen molar-refractivity contribution in [3.8, 4) is 0 Å². The topological polar surface area (TPSA) is 58.3 Å². The number of thioether (sulfide) groups is 1. The molecule has 0 saturated heterocycles. The second kappa shape index (κ2) is 5.92. The van der Waals surface area contributed by atoms with E-state index < -0.39 is 17.3 Å². The fourth-order valence-electron chi connectivity index (χ4n) is 1.55. The van der Waals surface area contributed by atoms with E-state index in [1.807, 2.05) is 6.26 Å². The second-order valence-corrected chi connectivity index (χ2v) is 5.45. The molecule has 1 aromatic rings. The number of alkyl halides is 3. The van der Waals surface area contributed by atoms with Crippen LogP contribution in [0.2, 0.25) is 0 Å². The first kappa shape index (κ1) is 16.0. The summed E-state index contributed by atoms with van der Waals surface area (Å²) in [5.74, 6) is 0.514. The van der Waals surface area contributed by atoms with Crippen LogP contribution in [-0.4, -0.2) is 29.3 Å². The maximum Gasteiger partial charge on any atom is 0.416 e. The van der Waals surface area contributed by atoms with Gasteiger partial charge in [-0.25, -0.2) is 0 Å². The van der Waals surface area contributed by atoms with Crippen molar-refractivity contribution in [1.29, 1.82) is 0 Å². The molecular formula is C12H17F3N2OS. The van der Waals surface area contributed by atoms with Crippen LogP contribution in [0.5, 0.6) is 0 Å². The predicted octanol–water partition coefficient (Wildman–Crippen LogP) is 2.81. The fourth-order valence-corrected chi connectivity index (χ4v) is 2.27. The molecule has 0 amide bonds. The summed E-state index contributed by atoms with van der Waals surface area (Å²) in [6.07, 6.45) is -2.54. The molecular weight excluding hydrogens is 277 g/mol. The van der Waals surface area contributed by atoms with Crippen LogP contribution in [-0.2, 0) is 6.18 Å². The standard InChI is InChI=1S/C12H17F3N2OS/c1-11(18,7-19-2)6-17-10-4-3-8(5-9(10)16)12(13,14)15/h3-5,17-18H,6-7,16H2,1-2H3. The molecule has 1 aromatic carbocycles. The Morgan fingerprint density at radius 3 is 2.47 bits per heavy atom. The zero-order valence-electron chi connectivity index (χ0n) is 10.7. The third-order valence-electron chi connectivity index (χ3n) is 2.49. The molecule has 3 nitrogen and oxygen atoms in total. The van der Waals surface area contributed by atoms with Gasteiger partial charge in [-0.15, -0.1) is 0 Å². The molecule has 108 valence electrons. The third kappa shape index (κ3) is 4.83. The van der Waals surface area contributed by atoms with Crippen LogP contribution < -0.4 is 11.1 Å². The Bertz CT molecular complexity index is 435. The minimum absolute atomic E-state index is 0.00905. The predicted molar refractivity (Wildman–Crippen MR) is 73.4 cm³/mol. The van der Waals surface area contributed by atoms with Crippen LogP contribution in [0.4, 0.5) is 24.5 Å². The van der Waals surface area contributed by atoms with Crippen LogP contribution in [0.15, 0.2) is 18.2 Å². The second-order valence-electron chi connectivity index (χ2n) is 4.58. The van der Waals surface area contributed by atoms with Gasteiger partial charge in [0, 0.05) is 12.3 Å². The largest absolute Gasteiger partial charge is 0.416 e. The Labute approximate surface area is 114 Å². The summed E-state index contributed by atoms with van der Waals surface area (Å²) in [6, 6.07) is 3.11. The maximum atomic E-state index is 12.5. The maximum absolute atomic E-state index is 12.5. The molecule has 0 fully saturated rings. The molecule has 0 aromatic heterocycles. The van der Waals surface area contributed by atoms with Crippen molar-refractivity contribution < 1.29 is 18.3 Å². The molecule has 4 N–H and O–H groups in total. The molecule has 1 unspecified atom stereocenters. The first-order valence-electron chi connectivity index (χ1n) is 5.57. The summed E-state index contributed by atoms with van der Waals surface area (Å²) in [5, 5.41) is 12.8. The Balaban J connectivity index is 2.76. The highest BCUT2D eigenvalue weighted by Gasteiger charge is 2.30. The molecule has 0 aliphatic rings. The van der Waals surface area contributed by atoms with E-state index >= 15 is 0 Å². The molecule has 0 heterocycles. The summed E-state index contributed by atoms with van der Waals surface area (Å²) < 4.78 is 37.4. The van der Waals surface area contributed by atoms with Crippen LogP contribution >= 0.6 is 11.8 Å². The molecule has 19 heavy (non-hydrogen) atoms. The first-order valence-corrected chi connectivity index (χ1v) is 6.97. The number of halogens is 3. The Morgan fingerprint density at radius 2 is 2.00 bits per heavy atom. The van der Waals surface area contributed by atoms with Gasteiger partial charge in [0.15, 0.2) is 0 Å². The van der Waals surface area contributed by atoms with Crippen molar-refractivity contribution in [1.82, 2.24) is 0 Å². The van der Waals surface area contributed by atoms with Gasteiger partial charge in [0.2, 0.25) is 0 Å². The van der Waals surface area contributed by atoms with Crippen LogP contribution in [0, 0.1) is 0 Å². The number of hydrogen-bond acceptors (Lipinski definition) is 4. The Morgan fingerprint density at radius 1 is 1.37 bits per heavy atom. The number of rotatable bonds is 5. The SMILES string of the molecule is CSCC(C)(O)CNc1ccc(C(F)(F)F)cc1N. The Hall–Kier alpha value is -1.08. The van der Waals surface area contributed by atoms with Gasteiger partial charge in [-0.3, -0.25) is 0 Å². The summed E-state index contributed by atoms with van der Waals surface area (Å²) in [4.78, 5) is 0. The number of benzene rings is 1. The number of aliphatic hydroxyl groups is 1. The number of nitrogens with one attached hydrogen (secondary N) is 1. The van der Waals surface area contributed by atoms with Crippen LogP contribution in [0.1, 0.15) is 12.5 Å².